The van der Waals surface area contributed by atoms with Crippen LogP contribution in [0.25, 0.3) is 0 Å². The SMILES string of the molecule is C[C@@H](Nc1ccc(Cl)nc1Cl)C(=O)NC1CCCCCC1. The van der Waals surface area contributed by atoms with Gasteiger partial charge in [-0.1, -0.05) is 48.9 Å². The Morgan fingerprint density at radius 1 is 1.24 bits per heavy atom. The van der Waals surface area contributed by atoms with E-state index < -0.39 is 0 Å². The summed E-state index contributed by atoms with van der Waals surface area (Å²) in [5.41, 5.74) is 0.615. The second-order valence-electron chi connectivity index (χ2n) is 5.54. The summed E-state index contributed by atoms with van der Waals surface area (Å²) in [7, 11) is 0. The van der Waals surface area contributed by atoms with E-state index >= 15 is 0 Å². The smallest absolute Gasteiger partial charge is 0.242 e. The average molecular weight is 330 g/mol. The van der Waals surface area contributed by atoms with E-state index in [-0.39, 0.29) is 17.1 Å². The first-order valence-electron chi connectivity index (χ1n) is 7.45. The molecule has 1 aromatic heterocycles. The van der Waals surface area contributed by atoms with Crippen molar-refractivity contribution in [1.29, 1.82) is 0 Å². The zero-order valence-corrected chi connectivity index (χ0v) is 13.7. The maximum atomic E-state index is 12.2. The Morgan fingerprint density at radius 2 is 1.90 bits per heavy atom. The third-order valence-corrected chi connectivity index (χ3v) is 4.28. The molecule has 1 aliphatic rings. The Labute approximate surface area is 135 Å². The van der Waals surface area contributed by atoms with Crippen LogP contribution in [0.1, 0.15) is 45.4 Å². The van der Waals surface area contributed by atoms with E-state index in [0.717, 1.165) is 12.8 Å². The fourth-order valence-electron chi connectivity index (χ4n) is 2.57. The van der Waals surface area contributed by atoms with Crippen molar-refractivity contribution in [1.82, 2.24) is 10.3 Å². The van der Waals surface area contributed by atoms with Crippen LogP contribution in [0.5, 0.6) is 0 Å². The van der Waals surface area contributed by atoms with Crippen molar-refractivity contribution >= 4 is 34.8 Å². The summed E-state index contributed by atoms with van der Waals surface area (Å²) in [5, 5.41) is 6.80. The molecule has 2 N–H and O–H groups in total. The van der Waals surface area contributed by atoms with Crippen LogP contribution >= 0.6 is 23.2 Å². The molecule has 1 aromatic rings. The molecule has 2 rings (SSSR count). The number of nitrogens with zero attached hydrogens (tertiary/aromatic N) is 1. The number of amides is 1. The van der Waals surface area contributed by atoms with Gasteiger partial charge in [-0.2, -0.15) is 0 Å². The summed E-state index contributed by atoms with van der Waals surface area (Å²) in [5.74, 6) is -0.00656. The Kier molecular flexibility index (Phi) is 6.12. The molecule has 21 heavy (non-hydrogen) atoms. The van der Waals surface area contributed by atoms with Gasteiger partial charge >= 0.3 is 0 Å². The van der Waals surface area contributed by atoms with Crippen molar-refractivity contribution in [3.63, 3.8) is 0 Å². The fourth-order valence-corrected chi connectivity index (χ4v) is 2.97. The predicted molar refractivity (Wildman–Crippen MR) is 87.0 cm³/mol. The lowest BCUT2D eigenvalue weighted by atomic mass is 10.1. The number of nitrogens with one attached hydrogen (secondary N) is 2. The number of aromatic nitrogens is 1. The fraction of sp³-hybridized carbons (Fsp3) is 0.600. The Balaban J connectivity index is 1.89. The molecule has 1 saturated carbocycles. The van der Waals surface area contributed by atoms with Gasteiger partial charge in [0.1, 0.15) is 11.2 Å². The molecule has 0 bridgehead atoms. The summed E-state index contributed by atoms with van der Waals surface area (Å²) >= 11 is 11.8. The number of halogens is 2. The number of carbonyl (C=O) groups is 1. The summed E-state index contributed by atoms with van der Waals surface area (Å²) in [4.78, 5) is 16.2. The van der Waals surface area contributed by atoms with E-state index in [1.807, 2.05) is 6.92 Å². The van der Waals surface area contributed by atoms with Crippen LogP contribution in [0.4, 0.5) is 5.69 Å². The third kappa shape index (κ3) is 5.04. The van der Waals surface area contributed by atoms with Crippen molar-refractivity contribution in [2.75, 3.05) is 5.32 Å². The normalized spacial score (nSPS) is 17.9. The molecule has 0 aromatic carbocycles. The highest BCUT2D eigenvalue weighted by Gasteiger charge is 2.19. The third-order valence-electron chi connectivity index (χ3n) is 3.78. The first kappa shape index (κ1) is 16.4. The minimum absolute atomic E-state index is 0.00656. The maximum absolute atomic E-state index is 12.2. The van der Waals surface area contributed by atoms with E-state index in [9.17, 15) is 4.79 Å². The zero-order valence-electron chi connectivity index (χ0n) is 12.2. The molecule has 0 spiro atoms. The molecule has 1 atom stereocenters. The largest absolute Gasteiger partial charge is 0.371 e. The van der Waals surface area contributed by atoms with Crippen LogP contribution in [-0.4, -0.2) is 23.0 Å². The minimum atomic E-state index is -0.367. The molecule has 6 heteroatoms. The number of hydrogen-bond acceptors (Lipinski definition) is 3. The van der Waals surface area contributed by atoms with Crippen molar-refractivity contribution in [2.24, 2.45) is 0 Å². The molecule has 4 nitrogen and oxygen atoms in total. The highest BCUT2D eigenvalue weighted by Crippen LogP contribution is 2.22. The average Bonchev–Trinajstić information content (AvgIpc) is 2.70. The summed E-state index contributed by atoms with van der Waals surface area (Å²) in [6.07, 6.45) is 7.07. The molecule has 1 heterocycles. The van der Waals surface area contributed by atoms with E-state index in [1.165, 1.54) is 25.7 Å². The molecule has 1 aliphatic carbocycles. The molecule has 0 saturated heterocycles. The number of anilines is 1. The second-order valence-corrected chi connectivity index (χ2v) is 6.28. The topological polar surface area (TPSA) is 54.0 Å². The lowest BCUT2D eigenvalue weighted by molar-refractivity contribution is -0.122. The van der Waals surface area contributed by atoms with Crippen molar-refractivity contribution < 1.29 is 4.79 Å². The van der Waals surface area contributed by atoms with Gasteiger partial charge in [0.2, 0.25) is 5.91 Å². The minimum Gasteiger partial charge on any atom is -0.371 e. The predicted octanol–water partition coefficient (Wildman–Crippen LogP) is 4.03. The van der Waals surface area contributed by atoms with Gasteiger partial charge in [-0.15, -0.1) is 0 Å². The zero-order chi connectivity index (χ0) is 15.2. The monoisotopic (exact) mass is 329 g/mol. The van der Waals surface area contributed by atoms with E-state index in [2.05, 4.69) is 15.6 Å². The number of hydrogen-bond donors (Lipinski definition) is 2. The molecule has 0 aliphatic heterocycles. The molecule has 0 radical (unpaired) electrons. The van der Waals surface area contributed by atoms with Crippen LogP contribution < -0.4 is 10.6 Å². The molecule has 116 valence electrons. The maximum Gasteiger partial charge on any atom is 0.242 e. The molecular weight excluding hydrogens is 309 g/mol. The highest BCUT2D eigenvalue weighted by atomic mass is 35.5. The number of carbonyl (C=O) groups excluding carboxylic acids is 1. The first-order chi connectivity index (χ1) is 10.1. The van der Waals surface area contributed by atoms with E-state index in [4.69, 9.17) is 23.2 Å². The van der Waals surface area contributed by atoms with Crippen molar-refractivity contribution in [2.45, 2.75) is 57.5 Å². The molecular formula is C15H21Cl2N3O. The highest BCUT2D eigenvalue weighted by molar-refractivity contribution is 6.34. The quantitative estimate of drug-likeness (QED) is 0.647. The Hall–Kier alpha value is -1.00. The standard InChI is InChI=1S/C15H21Cl2N3O/c1-10(18-12-8-9-13(16)20-14(12)17)15(21)19-11-6-4-2-3-5-7-11/h8-11,18H,2-7H2,1H3,(H,19,21)/t10-/m1/s1. The first-order valence-corrected chi connectivity index (χ1v) is 8.21. The van der Waals surface area contributed by atoms with E-state index in [1.54, 1.807) is 12.1 Å². The van der Waals surface area contributed by atoms with Gasteiger partial charge in [0, 0.05) is 6.04 Å². The number of pyridine rings is 1. The van der Waals surface area contributed by atoms with Gasteiger partial charge in [-0.05, 0) is 31.9 Å². The second kappa shape index (κ2) is 7.85. The summed E-state index contributed by atoms with van der Waals surface area (Å²) in [6.45, 7) is 1.82. The van der Waals surface area contributed by atoms with Crippen LogP contribution in [0, 0.1) is 0 Å². The summed E-state index contributed by atoms with van der Waals surface area (Å²) in [6, 6.07) is 3.30. The van der Waals surface area contributed by atoms with Gasteiger partial charge in [-0.3, -0.25) is 4.79 Å². The van der Waals surface area contributed by atoms with Crippen LogP contribution in [0.15, 0.2) is 12.1 Å². The van der Waals surface area contributed by atoms with Crippen LogP contribution in [0.3, 0.4) is 0 Å². The van der Waals surface area contributed by atoms with Crippen molar-refractivity contribution in [3.8, 4) is 0 Å². The van der Waals surface area contributed by atoms with E-state index in [0.29, 0.717) is 16.9 Å². The summed E-state index contributed by atoms with van der Waals surface area (Å²) < 4.78 is 0. The van der Waals surface area contributed by atoms with Crippen LogP contribution in [-0.2, 0) is 4.79 Å². The van der Waals surface area contributed by atoms with Gasteiger partial charge < -0.3 is 10.6 Å². The van der Waals surface area contributed by atoms with Gasteiger partial charge in [0.05, 0.1) is 5.69 Å². The molecule has 1 amide bonds. The Bertz CT molecular complexity index is 488. The lowest BCUT2D eigenvalue weighted by Gasteiger charge is -2.21. The van der Waals surface area contributed by atoms with Crippen molar-refractivity contribution in [3.05, 3.63) is 22.4 Å². The molecule has 0 unspecified atom stereocenters. The van der Waals surface area contributed by atoms with Gasteiger partial charge in [-0.25, -0.2) is 4.98 Å². The lowest BCUT2D eigenvalue weighted by Crippen LogP contribution is -2.43. The Morgan fingerprint density at radius 3 is 2.52 bits per heavy atom. The van der Waals surface area contributed by atoms with Gasteiger partial charge in [0.25, 0.3) is 0 Å². The number of rotatable bonds is 4. The van der Waals surface area contributed by atoms with Crippen LogP contribution in [0.2, 0.25) is 10.3 Å². The molecule has 1 fully saturated rings. The van der Waals surface area contributed by atoms with Gasteiger partial charge in [0.15, 0.2) is 5.15 Å².